The van der Waals surface area contributed by atoms with Crippen molar-refractivity contribution in [3.63, 3.8) is 0 Å². The molecule has 6 heteroatoms. The Kier molecular flexibility index (Phi) is 3.53. The van der Waals surface area contributed by atoms with Crippen LogP contribution in [0.15, 0.2) is 20.1 Å². The number of ether oxygens (including phenoxy) is 1. The third-order valence-corrected chi connectivity index (χ3v) is 5.43. The van der Waals surface area contributed by atoms with Crippen molar-refractivity contribution in [1.82, 2.24) is 0 Å². The largest absolute Gasteiger partial charge is 0.376 e. The molecule has 1 heterocycles. The van der Waals surface area contributed by atoms with E-state index in [0.29, 0.717) is 6.61 Å². The van der Waals surface area contributed by atoms with E-state index >= 15 is 0 Å². The molecule has 0 radical (unpaired) electrons. The predicted octanol–water partition coefficient (Wildman–Crippen LogP) is 4.54. The Hall–Kier alpha value is 0.890. The second kappa shape index (κ2) is 4.29. The van der Waals surface area contributed by atoms with Gasteiger partial charge < -0.3 is 4.74 Å². The normalized spacial score (nSPS) is 30.6. The van der Waals surface area contributed by atoms with Gasteiger partial charge in [-0.1, -0.05) is 46.4 Å². The summed E-state index contributed by atoms with van der Waals surface area (Å²) in [7, 11) is 0. The van der Waals surface area contributed by atoms with Gasteiger partial charge in [0.05, 0.1) is 26.2 Å². The molecule has 0 aromatic heterocycles. The van der Waals surface area contributed by atoms with Crippen molar-refractivity contribution in [2.24, 2.45) is 0 Å². The summed E-state index contributed by atoms with van der Waals surface area (Å²) in [4.78, 5) is -1.09. The molecule has 1 unspecified atom stereocenters. The molecule has 0 saturated carbocycles. The van der Waals surface area contributed by atoms with E-state index in [1.807, 2.05) is 0 Å². The maximum atomic E-state index is 6.39. The minimum Gasteiger partial charge on any atom is -0.376 e. The van der Waals surface area contributed by atoms with Crippen LogP contribution >= 0.6 is 58.0 Å². The standard InChI is InChI=1S/C9H7Cl5O/c10-5-6(11)8(13)9(14,7(5)12)4-2-1-3-15-4/h4H,1-3H2. The van der Waals surface area contributed by atoms with Crippen LogP contribution < -0.4 is 0 Å². The Morgan fingerprint density at radius 2 is 1.60 bits per heavy atom. The van der Waals surface area contributed by atoms with Gasteiger partial charge in [0, 0.05) is 6.61 Å². The molecule has 0 bridgehead atoms. The van der Waals surface area contributed by atoms with E-state index < -0.39 is 4.87 Å². The first kappa shape index (κ1) is 12.3. The molecule has 1 aliphatic carbocycles. The molecule has 0 N–H and O–H groups in total. The zero-order chi connectivity index (χ0) is 11.2. The lowest BCUT2D eigenvalue weighted by atomic mass is 10.0. The molecule has 1 nitrogen and oxygen atoms in total. The summed E-state index contributed by atoms with van der Waals surface area (Å²) >= 11 is 30.3. The quantitative estimate of drug-likeness (QED) is 0.646. The Morgan fingerprint density at radius 3 is 2.00 bits per heavy atom. The first-order chi connectivity index (χ1) is 6.99. The summed E-state index contributed by atoms with van der Waals surface area (Å²) in [6.07, 6.45) is 1.47. The van der Waals surface area contributed by atoms with Crippen LogP contribution in [0, 0.1) is 0 Å². The van der Waals surface area contributed by atoms with Crippen molar-refractivity contribution < 1.29 is 4.74 Å². The van der Waals surface area contributed by atoms with Gasteiger partial charge in [-0.25, -0.2) is 0 Å². The SMILES string of the molecule is ClC1=C(Cl)C(Cl)(C2CCCO2)C(Cl)=C1Cl. The minimum absolute atomic E-state index is 0.217. The second-order valence-electron chi connectivity index (χ2n) is 3.47. The van der Waals surface area contributed by atoms with Gasteiger partial charge in [-0.15, -0.1) is 11.6 Å². The van der Waals surface area contributed by atoms with Crippen LogP contribution in [-0.4, -0.2) is 17.6 Å². The molecule has 2 aliphatic rings. The van der Waals surface area contributed by atoms with Crippen molar-refractivity contribution in [2.45, 2.75) is 23.8 Å². The Labute approximate surface area is 113 Å². The first-order valence-corrected chi connectivity index (χ1v) is 6.31. The second-order valence-corrected chi connectivity index (χ2v) is 5.58. The van der Waals surface area contributed by atoms with E-state index in [4.69, 9.17) is 62.7 Å². The fourth-order valence-electron chi connectivity index (χ4n) is 1.78. The number of rotatable bonds is 1. The fraction of sp³-hybridized carbons (Fsp3) is 0.556. The van der Waals surface area contributed by atoms with E-state index in [9.17, 15) is 0 Å². The molecule has 1 aliphatic heterocycles. The van der Waals surface area contributed by atoms with Crippen LogP contribution in [0.4, 0.5) is 0 Å². The van der Waals surface area contributed by atoms with Gasteiger partial charge in [0.25, 0.3) is 0 Å². The number of hydrogen-bond acceptors (Lipinski definition) is 1. The molecule has 0 aromatic rings. The maximum Gasteiger partial charge on any atom is 0.144 e. The van der Waals surface area contributed by atoms with Crippen molar-refractivity contribution in [3.05, 3.63) is 20.1 Å². The Balaban J connectivity index is 2.43. The average Bonchev–Trinajstić information content (AvgIpc) is 2.81. The lowest BCUT2D eigenvalue weighted by Gasteiger charge is -2.28. The smallest absolute Gasteiger partial charge is 0.144 e. The summed E-state index contributed by atoms with van der Waals surface area (Å²) in [5, 5.41) is 0.947. The summed E-state index contributed by atoms with van der Waals surface area (Å²) in [6, 6.07) is 0. The van der Waals surface area contributed by atoms with E-state index in [1.165, 1.54) is 0 Å². The van der Waals surface area contributed by atoms with Gasteiger partial charge in [-0.05, 0) is 12.8 Å². The number of allylic oxidation sites excluding steroid dienone is 2. The Bertz CT molecular complexity index is 330. The average molecular weight is 308 g/mol. The first-order valence-electron chi connectivity index (χ1n) is 4.42. The monoisotopic (exact) mass is 306 g/mol. The molecule has 0 spiro atoms. The van der Waals surface area contributed by atoms with Gasteiger partial charge in [0.15, 0.2) is 0 Å². The summed E-state index contributed by atoms with van der Waals surface area (Å²) in [5.41, 5.74) is 0. The summed E-state index contributed by atoms with van der Waals surface area (Å²) in [5.74, 6) is 0. The third-order valence-electron chi connectivity index (χ3n) is 2.59. The molecule has 1 fully saturated rings. The molecule has 1 saturated heterocycles. The molecular formula is C9H7Cl5O. The van der Waals surface area contributed by atoms with E-state index in [0.717, 1.165) is 12.8 Å². The molecule has 0 amide bonds. The zero-order valence-corrected chi connectivity index (χ0v) is 11.3. The third kappa shape index (κ3) is 1.72. The highest BCUT2D eigenvalue weighted by Crippen LogP contribution is 2.55. The van der Waals surface area contributed by atoms with Gasteiger partial charge in [0.1, 0.15) is 4.87 Å². The molecule has 1 atom stereocenters. The predicted molar refractivity (Wildman–Crippen MR) is 65.0 cm³/mol. The van der Waals surface area contributed by atoms with E-state index in [2.05, 4.69) is 0 Å². The van der Waals surface area contributed by atoms with Gasteiger partial charge in [0.2, 0.25) is 0 Å². The lowest BCUT2D eigenvalue weighted by Crippen LogP contribution is -2.36. The zero-order valence-electron chi connectivity index (χ0n) is 7.50. The number of hydrogen-bond donors (Lipinski definition) is 0. The van der Waals surface area contributed by atoms with E-state index in [1.54, 1.807) is 0 Å². The van der Waals surface area contributed by atoms with E-state index in [-0.39, 0.29) is 26.2 Å². The molecule has 15 heavy (non-hydrogen) atoms. The van der Waals surface area contributed by atoms with Gasteiger partial charge in [-0.2, -0.15) is 0 Å². The Morgan fingerprint density at radius 1 is 1.07 bits per heavy atom. The van der Waals surface area contributed by atoms with Gasteiger partial charge >= 0.3 is 0 Å². The lowest BCUT2D eigenvalue weighted by molar-refractivity contribution is 0.0987. The van der Waals surface area contributed by atoms with Crippen LogP contribution in [0.1, 0.15) is 12.8 Å². The summed E-state index contributed by atoms with van der Waals surface area (Å²) in [6.45, 7) is 0.655. The van der Waals surface area contributed by atoms with Crippen LogP contribution in [0.3, 0.4) is 0 Å². The van der Waals surface area contributed by atoms with Crippen molar-refractivity contribution >= 4 is 58.0 Å². The maximum absolute atomic E-state index is 6.39. The van der Waals surface area contributed by atoms with Crippen LogP contribution in [-0.2, 0) is 4.74 Å². The van der Waals surface area contributed by atoms with Crippen LogP contribution in [0.5, 0.6) is 0 Å². The molecule has 84 valence electrons. The topological polar surface area (TPSA) is 9.23 Å². The number of halogens is 5. The summed E-state index contributed by atoms with van der Waals surface area (Å²) < 4.78 is 5.49. The van der Waals surface area contributed by atoms with Gasteiger partial charge in [-0.3, -0.25) is 0 Å². The molecular weight excluding hydrogens is 301 g/mol. The van der Waals surface area contributed by atoms with Crippen molar-refractivity contribution in [3.8, 4) is 0 Å². The highest BCUT2D eigenvalue weighted by molar-refractivity contribution is 6.58. The van der Waals surface area contributed by atoms with Crippen LogP contribution in [0.2, 0.25) is 0 Å². The minimum atomic E-state index is -1.09. The highest BCUT2D eigenvalue weighted by Gasteiger charge is 2.51. The van der Waals surface area contributed by atoms with Crippen LogP contribution in [0.25, 0.3) is 0 Å². The highest BCUT2D eigenvalue weighted by atomic mass is 35.5. The van der Waals surface area contributed by atoms with Crippen molar-refractivity contribution in [1.29, 1.82) is 0 Å². The van der Waals surface area contributed by atoms with Crippen molar-refractivity contribution in [2.75, 3.05) is 6.61 Å². The molecule has 0 aromatic carbocycles. The fourth-order valence-corrected chi connectivity index (χ4v) is 3.49. The number of alkyl halides is 1. The molecule has 2 rings (SSSR count).